The minimum absolute atomic E-state index is 0.0539. The molecule has 1 atom stereocenters. The van der Waals surface area contributed by atoms with Crippen molar-refractivity contribution < 1.29 is 4.92 Å². The second-order valence-corrected chi connectivity index (χ2v) is 6.99. The summed E-state index contributed by atoms with van der Waals surface area (Å²) in [5, 5.41) is 10.9. The zero-order valence-corrected chi connectivity index (χ0v) is 19.9. The topological polar surface area (TPSA) is 69.2 Å². The van der Waals surface area contributed by atoms with Crippen molar-refractivity contribution in [2.24, 2.45) is 5.92 Å². The molecule has 0 spiro atoms. The molecule has 1 aromatic rings. The molecule has 166 valence electrons. The highest BCUT2D eigenvalue weighted by Gasteiger charge is 2.18. The third-order valence-electron chi connectivity index (χ3n) is 4.56. The smallest absolute Gasteiger partial charge is 0.270 e. The Kier molecular flexibility index (Phi) is 18.0. The Balaban J connectivity index is 0. The van der Waals surface area contributed by atoms with Gasteiger partial charge in [-0.05, 0) is 42.4 Å². The number of hydrogen-bond acceptors (Lipinski definition) is 3. The summed E-state index contributed by atoms with van der Waals surface area (Å²) in [4.78, 5) is 10.5. The summed E-state index contributed by atoms with van der Waals surface area (Å²) in [6.45, 7) is 18.9. The Morgan fingerprint density at radius 1 is 1.17 bits per heavy atom. The minimum Gasteiger partial charge on any atom is -0.398 e. The van der Waals surface area contributed by atoms with E-state index in [-0.39, 0.29) is 5.69 Å². The molecule has 0 fully saturated rings. The third-order valence-corrected chi connectivity index (χ3v) is 4.56. The molecule has 0 aliphatic heterocycles. The van der Waals surface area contributed by atoms with Crippen molar-refractivity contribution in [3.05, 3.63) is 52.1 Å². The van der Waals surface area contributed by atoms with Crippen LogP contribution in [0.4, 0.5) is 11.4 Å². The Morgan fingerprint density at radius 3 is 2.10 bits per heavy atom. The Hall–Kier alpha value is -2.10. The van der Waals surface area contributed by atoms with E-state index >= 15 is 0 Å². The first kappa shape index (κ1) is 29.1. The maximum absolute atomic E-state index is 10.9. The average molecular weight is 405 g/mol. The number of benzene rings is 1. The van der Waals surface area contributed by atoms with Gasteiger partial charge in [0.15, 0.2) is 0 Å². The van der Waals surface area contributed by atoms with Crippen LogP contribution in [0.3, 0.4) is 0 Å². The third kappa shape index (κ3) is 11.5. The Bertz CT molecular complexity index is 619. The van der Waals surface area contributed by atoms with Gasteiger partial charge in [0.25, 0.3) is 5.69 Å². The zero-order chi connectivity index (χ0) is 22.8. The maximum Gasteiger partial charge on any atom is 0.270 e. The Labute approximate surface area is 179 Å². The lowest BCUT2D eigenvalue weighted by Gasteiger charge is -2.22. The SMILES string of the molecule is C=C(C1=CCC(CC)CC1)c1cc([N+](=O)[O-])ccc1N.CC.CCC.CCCC. The van der Waals surface area contributed by atoms with Crippen LogP contribution in [0.25, 0.3) is 5.57 Å². The monoisotopic (exact) mass is 404 g/mol. The van der Waals surface area contributed by atoms with E-state index in [1.54, 1.807) is 6.07 Å². The van der Waals surface area contributed by atoms with Crippen molar-refractivity contribution in [3.8, 4) is 0 Å². The number of nitro benzene ring substituents is 1. The van der Waals surface area contributed by atoms with Crippen LogP contribution in [-0.2, 0) is 0 Å². The number of hydrogen-bond donors (Lipinski definition) is 1. The molecule has 1 aromatic carbocycles. The average Bonchev–Trinajstić information content (AvgIpc) is 2.75. The summed E-state index contributed by atoms with van der Waals surface area (Å²) in [5.74, 6) is 0.744. The molecule has 1 aliphatic carbocycles. The molecular formula is C25H44N2O2. The van der Waals surface area contributed by atoms with Gasteiger partial charge in [-0.3, -0.25) is 10.1 Å². The highest BCUT2D eigenvalue weighted by molar-refractivity contribution is 5.84. The van der Waals surface area contributed by atoms with Gasteiger partial charge in [0.05, 0.1) is 4.92 Å². The predicted molar refractivity (Wildman–Crippen MR) is 130 cm³/mol. The lowest BCUT2D eigenvalue weighted by atomic mass is 9.83. The summed E-state index contributed by atoms with van der Waals surface area (Å²) in [6.07, 6.45) is 10.5. The van der Waals surface area contributed by atoms with Gasteiger partial charge in [0.2, 0.25) is 0 Å². The van der Waals surface area contributed by atoms with E-state index in [0.29, 0.717) is 11.3 Å². The van der Waals surface area contributed by atoms with Crippen molar-refractivity contribution in [2.45, 2.75) is 93.4 Å². The number of rotatable bonds is 5. The van der Waals surface area contributed by atoms with Crippen LogP contribution in [0.15, 0.2) is 36.4 Å². The summed E-state index contributed by atoms with van der Waals surface area (Å²) in [5.41, 5.74) is 9.20. The number of nitrogens with zero attached hydrogens (tertiary/aromatic N) is 1. The highest BCUT2D eigenvalue weighted by atomic mass is 16.6. The van der Waals surface area contributed by atoms with E-state index in [1.165, 1.54) is 43.4 Å². The van der Waals surface area contributed by atoms with E-state index in [2.05, 4.69) is 47.3 Å². The van der Waals surface area contributed by atoms with Crippen LogP contribution in [0, 0.1) is 16.0 Å². The van der Waals surface area contributed by atoms with Gasteiger partial charge >= 0.3 is 0 Å². The number of allylic oxidation sites excluding steroid dienone is 3. The molecule has 29 heavy (non-hydrogen) atoms. The minimum atomic E-state index is -0.404. The molecule has 1 unspecified atom stereocenters. The van der Waals surface area contributed by atoms with Gasteiger partial charge in [-0.25, -0.2) is 0 Å². The molecule has 0 saturated carbocycles. The molecule has 2 N–H and O–H groups in total. The normalized spacial score (nSPS) is 14.6. The molecule has 0 radical (unpaired) electrons. The fourth-order valence-corrected chi connectivity index (χ4v) is 2.63. The molecule has 0 bridgehead atoms. The second-order valence-electron chi connectivity index (χ2n) is 6.99. The standard InChI is InChI=1S/C16H20N2O2.C4H10.C3H8.C2H6/c1-3-12-4-6-13(7-5-12)11(2)15-10-14(18(19)20)8-9-16(15)17;1-3-4-2;1-3-2;1-2/h6,8-10,12H,2-5,7,17H2,1H3;3-4H2,1-2H3;3H2,1-2H3;1-2H3. The van der Waals surface area contributed by atoms with Gasteiger partial charge in [-0.1, -0.05) is 86.8 Å². The summed E-state index contributed by atoms with van der Waals surface area (Å²) in [6, 6.07) is 4.52. The van der Waals surface area contributed by atoms with E-state index < -0.39 is 4.92 Å². The predicted octanol–water partition coefficient (Wildman–Crippen LogP) is 8.58. The fraction of sp³-hybridized carbons (Fsp3) is 0.600. The molecule has 4 heteroatoms. The molecule has 0 aromatic heterocycles. The second kappa shape index (κ2) is 18.0. The summed E-state index contributed by atoms with van der Waals surface area (Å²) < 4.78 is 0. The molecule has 0 saturated heterocycles. The number of anilines is 1. The van der Waals surface area contributed by atoms with Crippen molar-refractivity contribution in [2.75, 3.05) is 5.73 Å². The van der Waals surface area contributed by atoms with Gasteiger partial charge in [-0.15, -0.1) is 0 Å². The first-order chi connectivity index (χ1) is 13.9. The molecule has 1 aliphatic rings. The maximum atomic E-state index is 10.9. The largest absolute Gasteiger partial charge is 0.398 e. The van der Waals surface area contributed by atoms with Crippen molar-refractivity contribution in [1.29, 1.82) is 0 Å². The van der Waals surface area contributed by atoms with Crippen molar-refractivity contribution >= 4 is 16.9 Å². The number of non-ortho nitro benzene ring substituents is 1. The quantitative estimate of drug-likeness (QED) is 0.303. The molecule has 4 nitrogen and oxygen atoms in total. The van der Waals surface area contributed by atoms with Crippen LogP contribution < -0.4 is 5.73 Å². The highest BCUT2D eigenvalue weighted by Crippen LogP contribution is 2.36. The van der Waals surface area contributed by atoms with E-state index in [1.807, 2.05) is 13.8 Å². The van der Waals surface area contributed by atoms with Crippen LogP contribution in [0.1, 0.15) is 99.0 Å². The Morgan fingerprint density at radius 2 is 1.72 bits per heavy atom. The van der Waals surface area contributed by atoms with Crippen molar-refractivity contribution in [1.82, 2.24) is 0 Å². The first-order valence-electron chi connectivity index (χ1n) is 11.3. The van der Waals surface area contributed by atoms with E-state index in [9.17, 15) is 10.1 Å². The lowest BCUT2D eigenvalue weighted by molar-refractivity contribution is -0.384. The lowest BCUT2D eigenvalue weighted by Crippen LogP contribution is -2.06. The molecular weight excluding hydrogens is 360 g/mol. The summed E-state index contributed by atoms with van der Waals surface area (Å²) in [7, 11) is 0. The van der Waals surface area contributed by atoms with Crippen LogP contribution >= 0.6 is 0 Å². The molecule has 0 heterocycles. The number of nitrogens with two attached hydrogens (primary N) is 1. The van der Waals surface area contributed by atoms with Gasteiger partial charge in [0.1, 0.15) is 0 Å². The first-order valence-corrected chi connectivity index (χ1v) is 11.3. The van der Waals surface area contributed by atoms with E-state index in [4.69, 9.17) is 5.73 Å². The van der Waals surface area contributed by atoms with Crippen molar-refractivity contribution in [3.63, 3.8) is 0 Å². The fourth-order valence-electron chi connectivity index (χ4n) is 2.63. The van der Waals surface area contributed by atoms with Gasteiger partial charge in [-0.2, -0.15) is 0 Å². The van der Waals surface area contributed by atoms with E-state index in [0.717, 1.165) is 30.8 Å². The van der Waals surface area contributed by atoms with Gasteiger partial charge in [0, 0.05) is 23.4 Å². The van der Waals surface area contributed by atoms with Crippen LogP contribution in [0.5, 0.6) is 0 Å². The molecule has 0 amide bonds. The summed E-state index contributed by atoms with van der Waals surface area (Å²) >= 11 is 0. The zero-order valence-electron chi connectivity index (χ0n) is 19.9. The van der Waals surface area contributed by atoms with Crippen LogP contribution in [0.2, 0.25) is 0 Å². The number of nitro groups is 1. The number of unbranched alkanes of at least 4 members (excludes halogenated alkanes) is 1. The van der Waals surface area contributed by atoms with Crippen LogP contribution in [-0.4, -0.2) is 4.92 Å². The molecule has 2 rings (SSSR count). The van der Waals surface area contributed by atoms with Gasteiger partial charge < -0.3 is 5.73 Å². The number of nitrogen functional groups attached to an aromatic ring is 1.